The second kappa shape index (κ2) is 12.5. The van der Waals surface area contributed by atoms with Gasteiger partial charge in [-0.25, -0.2) is 0 Å². The van der Waals surface area contributed by atoms with Crippen molar-refractivity contribution < 1.29 is 28.3 Å². The number of fused-ring (bicyclic) bond motifs is 2. The average Bonchev–Trinajstić information content (AvgIpc) is 3.78. The van der Waals surface area contributed by atoms with Crippen LogP contribution >= 0.6 is 15.9 Å². The molecule has 0 unspecified atom stereocenters. The molecule has 4 aliphatic heterocycles. The van der Waals surface area contributed by atoms with E-state index in [0.29, 0.717) is 23.5 Å². The summed E-state index contributed by atoms with van der Waals surface area (Å²) in [6.45, 7) is 6.70. The molecule has 3 saturated heterocycles. The first-order valence-electron chi connectivity index (χ1n) is 16.0. The number of aliphatic hydroxyl groups excluding tert-OH is 1. The Morgan fingerprint density at radius 1 is 1.18 bits per heavy atom. The lowest BCUT2D eigenvalue weighted by atomic mass is 9.82. The van der Waals surface area contributed by atoms with Crippen molar-refractivity contribution in [1.29, 1.82) is 0 Å². The summed E-state index contributed by atoms with van der Waals surface area (Å²) >= 11 is 3.57. The number of halogens is 2. The Balaban J connectivity index is 1.28. The summed E-state index contributed by atoms with van der Waals surface area (Å²) in [6, 6.07) is 12.7. The van der Waals surface area contributed by atoms with Gasteiger partial charge in [0.1, 0.15) is 0 Å². The normalized spacial score (nSPS) is 29.6. The molecule has 3 fully saturated rings. The van der Waals surface area contributed by atoms with Gasteiger partial charge in [0.25, 0.3) is 5.91 Å². The minimum absolute atomic E-state index is 0.0339. The van der Waals surface area contributed by atoms with E-state index in [4.69, 9.17) is 4.74 Å². The Kier molecular flexibility index (Phi) is 8.99. The van der Waals surface area contributed by atoms with Gasteiger partial charge in [0.05, 0.1) is 43.4 Å². The molecule has 0 aromatic heterocycles. The molecule has 45 heavy (non-hydrogen) atoms. The van der Waals surface area contributed by atoms with Crippen LogP contribution in [-0.2, 0) is 31.3 Å². The first-order chi connectivity index (χ1) is 21.4. The zero-order valence-electron chi connectivity index (χ0n) is 26.0. The lowest BCUT2D eigenvalue weighted by molar-refractivity contribution is -0.150. The van der Waals surface area contributed by atoms with E-state index in [0.717, 1.165) is 42.3 Å². The molecule has 0 bridgehead atoms. The van der Waals surface area contributed by atoms with Gasteiger partial charge in [0.15, 0.2) is 5.60 Å². The third-order valence-electron chi connectivity index (χ3n) is 10.1. The molecule has 4 heterocycles. The number of aliphatic hydroxyl groups is 1. The van der Waals surface area contributed by atoms with Crippen LogP contribution in [0.4, 0.5) is 15.5 Å². The summed E-state index contributed by atoms with van der Waals surface area (Å²) in [7, 11) is -3.43. The quantitative estimate of drug-likeness (QED) is 0.269. The van der Waals surface area contributed by atoms with E-state index in [1.165, 1.54) is 0 Å². The van der Waals surface area contributed by atoms with E-state index in [-0.39, 0.29) is 49.4 Å². The summed E-state index contributed by atoms with van der Waals surface area (Å²) in [6.07, 6.45) is 2.54. The zero-order chi connectivity index (χ0) is 32.1. The lowest BCUT2D eigenvalue weighted by Crippen LogP contribution is -2.45. The van der Waals surface area contributed by atoms with Gasteiger partial charge in [-0.15, -0.1) is 0 Å². The van der Waals surface area contributed by atoms with Gasteiger partial charge in [0, 0.05) is 33.7 Å². The molecule has 2 aromatic rings. The molecule has 0 aliphatic carbocycles. The highest BCUT2D eigenvalue weighted by molar-refractivity contribution is 9.10. The number of hydrogen-bond donors (Lipinski definition) is 3. The lowest BCUT2D eigenvalue weighted by Gasteiger charge is -2.31. The van der Waals surface area contributed by atoms with Gasteiger partial charge in [-0.2, -0.15) is 0 Å². The largest absolute Gasteiger partial charge is 0.394 e. The van der Waals surface area contributed by atoms with Gasteiger partial charge < -0.3 is 34.4 Å². The fourth-order valence-corrected chi connectivity index (χ4v) is 10.9. The van der Waals surface area contributed by atoms with Crippen molar-refractivity contribution in [3.63, 3.8) is 0 Å². The van der Waals surface area contributed by atoms with Crippen LogP contribution in [-0.4, -0.2) is 74.0 Å². The first-order valence-corrected chi connectivity index (χ1v) is 19.7. The fourth-order valence-electron chi connectivity index (χ4n) is 8.03. The molecular formula is C33H42BrFN4O5Si. The minimum Gasteiger partial charge on any atom is -0.394 e. The number of hydrogen-bond acceptors (Lipinski definition) is 6. The number of amides is 3. The second-order valence-corrected chi connectivity index (χ2v) is 18.1. The maximum atomic E-state index is 16.2. The number of anilines is 2. The Morgan fingerprint density at radius 2 is 1.93 bits per heavy atom. The molecule has 9 nitrogen and oxygen atoms in total. The summed E-state index contributed by atoms with van der Waals surface area (Å²) in [4.78, 5) is 44.1. The van der Waals surface area contributed by atoms with Crippen LogP contribution in [0.1, 0.15) is 50.2 Å². The van der Waals surface area contributed by atoms with Crippen LogP contribution in [0.15, 0.2) is 46.9 Å². The topological polar surface area (TPSA) is 111 Å². The van der Waals surface area contributed by atoms with Crippen LogP contribution in [0.5, 0.6) is 0 Å². The van der Waals surface area contributed by atoms with Crippen LogP contribution in [0.3, 0.4) is 0 Å². The molecule has 6 rings (SSSR count). The van der Waals surface area contributed by atoms with E-state index in [1.807, 2.05) is 49.4 Å². The number of likely N-dealkylation sites (tertiary alicyclic amines) is 1. The highest BCUT2D eigenvalue weighted by Gasteiger charge is 2.67. The van der Waals surface area contributed by atoms with Crippen molar-refractivity contribution in [2.75, 3.05) is 29.9 Å². The van der Waals surface area contributed by atoms with Gasteiger partial charge in [-0.1, -0.05) is 35.0 Å². The summed E-state index contributed by atoms with van der Waals surface area (Å²) < 4.78 is 23.7. The third kappa shape index (κ3) is 5.88. The smallest absolute Gasteiger partial charge is 0.264 e. The molecule has 242 valence electrons. The molecule has 0 radical (unpaired) electrons. The fraction of sp³-hybridized carbons (Fsp3) is 0.545. The molecule has 3 amide bonds. The average molecular weight is 702 g/mol. The number of carbonyl (C=O) groups is 3. The van der Waals surface area contributed by atoms with E-state index in [1.54, 1.807) is 22.9 Å². The molecule has 4 aliphatic rings. The molecule has 1 spiro atoms. The number of nitrogens with zero attached hydrogens (tertiary/aromatic N) is 2. The van der Waals surface area contributed by atoms with Crippen LogP contribution < -0.4 is 15.5 Å². The van der Waals surface area contributed by atoms with Crippen LogP contribution in [0, 0.1) is 5.92 Å². The Hall–Kier alpha value is -2.64. The highest BCUT2D eigenvalue weighted by Crippen LogP contribution is 2.60. The van der Waals surface area contributed by atoms with Gasteiger partial charge >= 0.3 is 0 Å². The van der Waals surface area contributed by atoms with Crippen LogP contribution in [0.25, 0.3) is 0 Å². The van der Waals surface area contributed by atoms with Crippen molar-refractivity contribution in [2.45, 2.75) is 88.0 Å². The van der Waals surface area contributed by atoms with Crippen molar-refractivity contribution in [2.24, 2.45) is 5.92 Å². The van der Waals surface area contributed by atoms with E-state index in [9.17, 15) is 19.5 Å². The standard InChI is InChI=1S/C33H42BrFN4O5Si/c1-20-30(45(2,3)35)28(17-29(41)38-15-5-6-24(38)19-40)44-33(20)25-16-22(34)10-13-27(25)39(32(33)43)18-21-8-11-23(12-9-21)37-31(42)26-7-4-14-36-26/h8-13,16,20,24,26,28,30,36,40H,4-7,14-15,17-19H2,1-3H3,(H,37,42)/t20-,24+,26-,28+,30-,33+/m1/s1. The minimum atomic E-state index is -3.43. The van der Waals surface area contributed by atoms with Gasteiger partial charge in [0.2, 0.25) is 20.2 Å². The van der Waals surface area contributed by atoms with Crippen molar-refractivity contribution in [3.8, 4) is 0 Å². The monoisotopic (exact) mass is 700 g/mol. The predicted octanol–water partition coefficient (Wildman–Crippen LogP) is 4.83. The molecule has 3 N–H and O–H groups in total. The van der Waals surface area contributed by atoms with E-state index in [2.05, 4.69) is 26.6 Å². The van der Waals surface area contributed by atoms with Crippen molar-refractivity contribution in [1.82, 2.24) is 10.2 Å². The Labute approximate surface area is 273 Å². The number of carbonyl (C=O) groups excluding carboxylic acids is 3. The maximum absolute atomic E-state index is 16.2. The number of nitrogens with one attached hydrogen (secondary N) is 2. The Morgan fingerprint density at radius 3 is 2.60 bits per heavy atom. The van der Waals surface area contributed by atoms with Crippen LogP contribution in [0.2, 0.25) is 18.6 Å². The van der Waals surface area contributed by atoms with Gasteiger partial charge in [-0.3, -0.25) is 14.4 Å². The number of rotatable bonds is 8. The molecule has 6 atom stereocenters. The highest BCUT2D eigenvalue weighted by atomic mass is 79.9. The van der Waals surface area contributed by atoms with E-state index >= 15 is 4.11 Å². The zero-order valence-corrected chi connectivity index (χ0v) is 28.6. The van der Waals surface area contributed by atoms with Crippen molar-refractivity contribution in [3.05, 3.63) is 58.1 Å². The SMILES string of the molecule is C[C@@H]1[C@@H]([Si](C)(C)F)[C@H](CC(=O)N2CCC[C@H]2CO)O[C@@]12C(=O)N(Cc1ccc(NC(=O)[C@H]3CCCN3)cc1)c1ccc(Br)cc12. The number of benzene rings is 2. The summed E-state index contributed by atoms with van der Waals surface area (Å²) in [5, 5.41) is 16.0. The summed E-state index contributed by atoms with van der Waals surface area (Å²) in [5.74, 6) is -0.999. The van der Waals surface area contributed by atoms with E-state index < -0.39 is 31.6 Å². The van der Waals surface area contributed by atoms with Gasteiger partial charge in [-0.05, 0) is 81.2 Å². The molecule has 2 aromatic carbocycles. The predicted molar refractivity (Wildman–Crippen MR) is 176 cm³/mol. The maximum Gasteiger partial charge on any atom is 0.264 e. The van der Waals surface area contributed by atoms with Crippen molar-refractivity contribution >= 4 is 53.4 Å². The third-order valence-corrected chi connectivity index (χ3v) is 13.1. The number of ether oxygens (including phenoxy) is 1. The molecular weight excluding hydrogens is 659 g/mol. The second-order valence-electron chi connectivity index (χ2n) is 13.4. The summed E-state index contributed by atoms with van der Waals surface area (Å²) in [5.41, 5.74) is 0.896. The molecule has 0 saturated carbocycles. The molecule has 12 heteroatoms. The Bertz CT molecular complexity index is 1470. The first kappa shape index (κ1) is 32.3.